The van der Waals surface area contributed by atoms with E-state index in [1.807, 2.05) is 111 Å². The van der Waals surface area contributed by atoms with Crippen LogP contribution in [0, 0.1) is 11.8 Å². The molecule has 0 aliphatic carbocycles. The largest absolute Gasteiger partial charge is 0.491 e. The van der Waals surface area contributed by atoms with Gasteiger partial charge in [0.15, 0.2) is 11.2 Å². The molecule has 0 spiro atoms. The number of rotatable bonds is 4. The van der Waals surface area contributed by atoms with Crippen LogP contribution in [0.3, 0.4) is 0 Å². The number of hydrogen-bond acceptors (Lipinski definition) is 10. The number of allylic oxidation sites excluding steroid dienone is 2. The van der Waals surface area contributed by atoms with Gasteiger partial charge in [0.05, 0.1) is 37.6 Å². The highest BCUT2D eigenvalue weighted by atomic mass is 16.6. The van der Waals surface area contributed by atoms with Crippen LogP contribution in [0.2, 0.25) is 0 Å². The lowest BCUT2D eigenvalue weighted by Crippen LogP contribution is -2.37. The van der Waals surface area contributed by atoms with Crippen molar-refractivity contribution in [2.24, 2.45) is 11.8 Å². The van der Waals surface area contributed by atoms with Crippen molar-refractivity contribution < 1.29 is 47.5 Å². The van der Waals surface area contributed by atoms with Gasteiger partial charge in [0.1, 0.15) is 49.4 Å². The highest BCUT2D eigenvalue weighted by Gasteiger charge is 2.54. The minimum absolute atomic E-state index is 0.102. The summed E-state index contributed by atoms with van der Waals surface area (Å²) in [5, 5.41) is 0. The third-order valence-electron chi connectivity index (χ3n) is 13.3. The Labute approximate surface area is 401 Å². The summed E-state index contributed by atoms with van der Waals surface area (Å²) in [6, 6.07) is 48.3. The van der Waals surface area contributed by atoms with Gasteiger partial charge in [-0.2, -0.15) is 0 Å². The second-order valence-electron chi connectivity index (χ2n) is 17.5. The van der Waals surface area contributed by atoms with Crippen LogP contribution in [0.5, 0.6) is 11.5 Å². The van der Waals surface area contributed by atoms with Crippen LogP contribution >= 0.6 is 0 Å². The van der Waals surface area contributed by atoms with Crippen molar-refractivity contribution in [3.05, 3.63) is 191 Å². The van der Waals surface area contributed by atoms with Crippen molar-refractivity contribution in [2.45, 2.75) is 76.4 Å². The van der Waals surface area contributed by atoms with Gasteiger partial charge in [-0.3, -0.25) is 0 Å². The molecule has 0 aromatic heterocycles. The van der Waals surface area contributed by atoms with E-state index in [0.29, 0.717) is 60.6 Å². The summed E-state index contributed by atoms with van der Waals surface area (Å²) in [7, 11) is 0. The van der Waals surface area contributed by atoms with E-state index in [2.05, 4.69) is 48.5 Å². The van der Waals surface area contributed by atoms with E-state index >= 15 is 0 Å². The lowest BCUT2D eigenvalue weighted by Gasteiger charge is -2.37. The van der Waals surface area contributed by atoms with Crippen molar-refractivity contribution in [1.29, 1.82) is 0 Å². The quantitative estimate of drug-likeness (QED) is 0.128. The molecule has 2 atom stereocenters. The highest BCUT2D eigenvalue weighted by molar-refractivity contribution is 5.91. The van der Waals surface area contributed by atoms with E-state index in [1.54, 1.807) is 0 Å². The van der Waals surface area contributed by atoms with Crippen LogP contribution in [0.1, 0.15) is 87.5 Å². The fourth-order valence-electron chi connectivity index (χ4n) is 10.2. The Hall–Kier alpha value is -6.36. The van der Waals surface area contributed by atoms with Gasteiger partial charge in [-0.1, -0.05) is 160 Å². The van der Waals surface area contributed by atoms with Crippen molar-refractivity contribution in [3.8, 4) is 11.5 Å². The van der Waals surface area contributed by atoms with E-state index in [-0.39, 0.29) is 50.2 Å². The van der Waals surface area contributed by atoms with Crippen LogP contribution < -0.4 is 9.47 Å². The first-order valence-corrected chi connectivity index (χ1v) is 24.3. The number of esters is 2. The summed E-state index contributed by atoms with van der Waals surface area (Å²) in [5.74, 6) is 1.17. The minimum Gasteiger partial charge on any atom is -0.491 e. The molecule has 4 aliphatic rings. The molecule has 10 nitrogen and oxygen atoms in total. The van der Waals surface area contributed by atoms with Crippen molar-refractivity contribution >= 4 is 11.9 Å². The van der Waals surface area contributed by atoms with E-state index in [9.17, 15) is 9.59 Å². The number of carbonyl (C=O) groups is 2. The Morgan fingerprint density at radius 3 is 0.985 bits per heavy atom. The van der Waals surface area contributed by atoms with Gasteiger partial charge in [-0.25, -0.2) is 9.59 Å². The summed E-state index contributed by atoms with van der Waals surface area (Å²) >= 11 is 0. The first-order chi connectivity index (χ1) is 33.4. The molecule has 2 bridgehead atoms. The summed E-state index contributed by atoms with van der Waals surface area (Å²) in [6.07, 6.45) is 7.23. The van der Waals surface area contributed by atoms with Crippen molar-refractivity contribution in [1.82, 2.24) is 0 Å². The van der Waals surface area contributed by atoms with Gasteiger partial charge in [-0.15, -0.1) is 0 Å². The zero-order valence-corrected chi connectivity index (χ0v) is 39.4. The lowest BCUT2D eigenvalue weighted by atomic mass is 9.71. The van der Waals surface area contributed by atoms with Crippen LogP contribution in [0.15, 0.2) is 168 Å². The van der Waals surface area contributed by atoms with Crippen LogP contribution in [-0.2, 0) is 49.2 Å². The monoisotopic (exact) mass is 920 g/mol. The van der Waals surface area contributed by atoms with E-state index in [0.717, 1.165) is 73.6 Å². The third kappa shape index (κ3) is 11.0. The van der Waals surface area contributed by atoms with Gasteiger partial charge < -0.3 is 37.9 Å². The standard InChI is InChI=1S/C58H64O10/c1-43-53-51(57(67-43,45-21-11-7-12-22-45)46-23-13-8-14-24-46)29-19-5-3-4-6-20-30-52-54(44(2)68-58(52,47-25-15-9-16-26-47)48-27-17-10-18-28-48)56(60)66-42-38-62-36-40-64-50-33-31-49(32-34-50)63-39-35-61-37-41-65-55(53)59/h7-18,21-28,31-34,51-52H,3-6,19-20,29-30,35-42H2,1-2H3. The number of hydrogen-bond donors (Lipinski definition) is 0. The molecular formula is C58H64O10. The summed E-state index contributed by atoms with van der Waals surface area (Å²) in [4.78, 5) is 28.3. The van der Waals surface area contributed by atoms with Crippen molar-refractivity contribution in [2.75, 3.05) is 52.9 Å². The Balaban J connectivity index is 1.01. The fraction of sp³-hybridized carbons (Fsp3) is 0.379. The molecule has 0 radical (unpaired) electrons. The predicted molar refractivity (Wildman–Crippen MR) is 260 cm³/mol. The normalized spacial score (nSPS) is 21.5. The fourth-order valence-corrected chi connectivity index (χ4v) is 10.2. The molecule has 68 heavy (non-hydrogen) atoms. The molecule has 10 heteroatoms. The lowest BCUT2D eigenvalue weighted by molar-refractivity contribution is -0.142. The summed E-state index contributed by atoms with van der Waals surface area (Å²) in [5.41, 5.74) is 3.31. The minimum atomic E-state index is -0.902. The molecule has 0 amide bonds. The summed E-state index contributed by atoms with van der Waals surface area (Å²) < 4.78 is 49.1. The molecule has 0 N–H and O–H groups in total. The molecule has 2 unspecified atom stereocenters. The smallest absolute Gasteiger partial charge is 0.337 e. The molecule has 0 fully saturated rings. The zero-order valence-electron chi connectivity index (χ0n) is 39.4. The number of fused-ring (bicyclic) bond motifs is 23. The molecule has 5 aromatic carbocycles. The second kappa shape index (κ2) is 23.6. The molecular weight excluding hydrogens is 857 g/mol. The molecule has 0 saturated carbocycles. The van der Waals surface area contributed by atoms with Crippen LogP contribution in [0.4, 0.5) is 0 Å². The molecule has 4 heterocycles. The number of ether oxygens (including phenoxy) is 8. The van der Waals surface area contributed by atoms with Gasteiger partial charge in [0, 0.05) is 34.1 Å². The van der Waals surface area contributed by atoms with Crippen molar-refractivity contribution in [3.63, 3.8) is 0 Å². The molecule has 356 valence electrons. The topological polar surface area (TPSA) is 108 Å². The molecule has 4 aliphatic heterocycles. The van der Waals surface area contributed by atoms with E-state index in [1.165, 1.54) is 0 Å². The van der Waals surface area contributed by atoms with Crippen LogP contribution in [0.25, 0.3) is 0 Å². The predicted octanol–water partition coefficient (Wildman–Crippen LogP) is 11.4. The maximum Gasteiger partial charge on any atom is 0.337 e. The average Bonchev–Trinajstić information content (AvgIpc) is 3.85. The third-order valence-corrected chi connectivity index (χ3v) is 13.3. The zero-order chi connectivity index (χ0) is 47.0. The Morgan fingerprint density at radius 1 is 0.368 bits per heavy atom. The van der Waals surface area contributed by atoms with E-state index < -0.39 is 11.2 Å². The van der Waals surface area contributed by atoms with Gasteiger partial charge in [-0.05, 0) is 51.0 Å². The maximum atomic E-state index is 14.2. The van der Waals surface area contributed by atoms with Gasteiger partial charge in [0.25, 0.3) is 0 Å². The summed E-state index contributed by atoms with van der Waals surface area (Å²) in [6.45, 7) is 5.75. The molecule has 9 rings (SSSR count). The number of carbonyl (C=O) groups excluding carboxylic acids is 2. The highest BCUT2D eigenvalue weighted by Crippen LogP contribution is 2.54. The number of benzene rings is 5. The molecule has 5 aromatic rings. The van der Waals surface area contributed by atoms with Gasteiger partial charge in [0.2, 0.25) is 0 Å². The average molecular weight is 921 g/mol. The Morgan fingerprint density at radius 2 is 0.662 bits per heavy atom. The SMILES string of the molecule is CC1=C2C(=O)OCCOCCOc3ccc(cc3)OCCOCCOC(=O)C3=C(C)OC(c4ccccc4)(c4ccccc4)C3CCCCCCCCC2C(c2ccccc2)(c2ccccc2)O1. The first-order valence-electron chi connectivity index (χ1n) is 24.3. The van der Waals surface area contributed by atoms with E-state index in [4.69, 9.17) is 37.9 Å². The Kier molecular flexibility index (Phi) is 16.7. The first kappa shape index (κ1) is 48.1. The second-order valence-corrected chi connectivity index (χ2v) is 17.5. The maximum absolute atomic E-state index is 14.2. The molecule has 0 saturated heterocycles. The Bertz CT molecular complexity index is 2180. The van der Waals surface area contributed by atoms with Crippen LogP contribution in [-0.4, -0.2) is 64.8 Å². The van der Waals surface area contributed by atoms with Gasteiger partial charge >= 0.3 is 11.9 Å².